The van der Waals surface area contributed by atoms with E-state index in [1.54, 1.807) is 18.2 Å². The van der Waals surface area contributed by atoms with Crippen LogP contribution in [-0.4, -0.2) is 25.5 Å². The lowest BCUT2D eigenvalue weighted by molar-refractivity contribution is -0.120. The van der Waals surface area contributed by atoms with E-state index in [0.717, 1.165) is 23.3 Å². The van der Waals surface area contributed by atoms with Gasteiger partial charge in [0.2, 0.25) is 5.91 Å². The highest BCUT2D eigenvalue weighted by atomic mass is 19.1. The number of amides is 2. The third kappa shape index (κ3) is 6.28. The molecule has 0 heterocycles. The highest BCUT2D eigenvalue weighted by molar-refractivity contribution is 5.96. The van der Waals surface area contributed by atoms with E-state index in [2.05, 4.69) is 10.6 Å². The van der Waals surface area contributed by atoms with Gasteiger partial charge in [-0.05, 0) is 35.4 Å². The zero-order valence-electron chi connectivity index (χ0n) is 17.4. The summed E-state index contributed by atoms with van der Waals surface area (Å²) in [6, 6.07) is 17.6. The zero-order chi connectivity index (χ0) is 22.9. The molecule has 0 radical (unpaired) electrons. The van der Waals surface area contributed by atoms with Gasteiger partial charge in [0.05, 0.1) is 19.2 Å². The predicted molar refractivity (Wildman–Crippen MR) is 114 cm³/mol. The topological polar surface area (TPSA) is 76.7 Å². The Morgan fingerprint density at radius 2 is 1.66 bits per heavy atom. The van der Waals surface area contributed by atoms with E-state index in [0.29, 0.717) is 24.2 Å². The van der Waals surface area contributed by atoms with Gasteiger partial charge in [-0.3, -0.25) is 9.59 Å². The maximum Gasteiger partial charge on any atom is 0.254 e. The summed E-state index contributed by atoms with van der Waals surface area (Å²) >= 11 is 0. The summed E-state index contributed by atoms with van der Waals surface area (Å²) in [5, 5.41) is 4.96. The molecule has 2 amide bonds. The third-order valence-electron chi connectivity index (χ3n) is 4.54. The van der Waals surface area contributed by atoms with Crippen molar-refractivity contribution in [3.05, 3.63) is 95.1 Å². The molecular formula is C24H22F2N2O4. The van der Waals surface area contributed by atoms with Crippen molar-refractivity contribution in [1.29, 1.82) is 0 Å². The van der Waals surface area contributed by atoms with Crippen LogP contribution in [-0.2, 0) is 17.9 Å². The first-order chi connectivity index (χ1) is 15.5. The first-order valence-electron chi connectivity index (χ1n) is 9.80. The molecule has 3 rings (SSSR count). The molecule has 2 N–H and O–H groups in total. The van der Waals surface area contributed by atoms with E-state index in [1.807, 2.05) is 30.3 Å². The summed E-state index contributed by atoms with van der Waals surface area (Å²) in [7, 11) is 1.52. The maximum absolute atomic E-state index is 13.6. The Kier molecular flexibility index (Phi) is 7.75. The molecule has 3 aromatic carbocycles. The molecule has 6 nitrogen and oxygen atoms in total. The lowest BCUT2D eigenvalue weighted by Crippen LogP contribution is -2.36. The van der Waals surface area contributed by atoms with Crippen LogP contribution in [0.25, 0.3) is 0 Å². The molecule has 3 aromatic rings. The molecule has 0 spiro atoms. The van der Waals surface area contributed by atoms with E-state index in [-0.39, 0.29) is 18.7 Å². The van der Waals surface area contributed by atoms with Gasteiger partial charge in [-0.15, -0.1) is 0 Å². The standard InChI is InChI=1S/C24H22F2N2O4/c1-31-22-11-17(7-10-21(22)32-15-16-5-3-2-4-6-16)13-27-23(29)14-28-24(30)19-9-8-18(25)12-20(19)26/h2-12H,13-15H2,1H3,(H,27,29)(H,28,30). The number of hydrogen-bond acceptors (Lipinski definition) is 4. The van der Waals surface area contributed by atoms with Crippen LogP contribution in [0, 0.1) is 11.6 Å². The maximum atomic E-state index is 13.6. The van der Waals surface area contributed by atoms with Crippen LogP contribution in [0.3, 0.4) is 0 Å². The molecule has 0 aliphatic heterocycles. The summed E-state index contributed by atoms with van der Waals surface area (Å²) in [6.07, 6.45) is 0. The Labute approximate surface area is 184 Å². The second-order valence-corrected chi connectivity index (χ2v) is 6.84. The van der Waals surface area contributed by atoms with Crippen molar-refractivity contribution in [2.45, 2.75) is 13.2 Å². The SMILES string of the molecule is COc1cc(CNC(=O)CNC(=O)c2ccc(F)cc2F)ccc1OCc1ccccc1. The summed E-state index contributed by atoms with van der Waals surface area (Å²) in [4.78, 5) is 24.0. The number of halogens is 2. The minimum Gasteiger partial charge on any atom is -0.493 e. The lowest BCUT2D eigenvalue weighted by atomic mass is 10.2. The number of nitrogens with one attached hydrogen (secondary N) is 2. The van der Waals surface area contributed by atoms with Crippen LogP contribution in [0.15, 0.2) is 66.7 Å². The molecule has 0 saturated carbocycles. The van der Waals surface area contributed by atoms with Gasteiger partial charge in [0, 0.05) is 12.6 Å². The minimum atomic E-state index is -0.996. The number of methoxy groups -OCH3 is 1. The monoisotopic (exact) mass is 440 g/mol. The largest absolute Gasteiger partial charge is 0.493 e. The molecule has 0 aliphatic carbocycles. The van der Waals surface area contributed by atoms with E-state index in [1.165, 1.54) is 7.11 Å². The fourth-order valence-corrected chi connectivity index (χ4v) is 2.87. The first-order valence-corrected chi connectivity index (χ1v) is 9.80. The summed E-state index contributed by atoms with van der Waals surface area (Å²) in [5.41, 5.74) is 1.45. The lowest BCUT2D eigenvalue weighted by Gasteiger charge is -2.13. The number of hydrogen-bond donors (Lipinski definition) is 2. The molecule has 0 aliphatic rings. The van der Waals surface area contributed by atoms with Gasteiger partial charge in [0.15, 0.2) is 11.5 Å². The van der Waals surface area contributed by atoms with E-state index >= 15 is 0 Å². The van der Waals surface area contributed by atoms with Crippen molar-refractivity contribution >= 4 is 11.8 Å². The molecule has 8 heteroatoms. The summed E-state index contributed by atoms with van der Waals surface area (Å²) < 4.78 is 37.7. The zero-order valence-corrected chi connectivity index (χ0v) is 17.4. The Hall–Kier alpha value is -3.94. The summed E-state index contributed by atoms with van der Waals surface area (Å²) in [5.74, 6) is -1.97. The van der Waals surface area contributed by atoms with Crippen LogP contribution in [0.5, 0.6) is 11.5 Å². The molecule has 0 bridgehead atoms. The van der Waals surface area contributed by atoms with Gasteiger partial charge >= 0.3 is 0 Å². The number of carbonyl (C=O) groups excluding carboxylic acids is 2. The molecule has 0 aromatic heterocycles. The van der Waals surface area contributed by atoms with Gasteiger partial charge in [0.25, 0.3) is 5.91 Å². The van der Waals surface area contributed by atoms with Crippen molar-refractivity contribution in [2.75, 3.05) is 13.7 Å². The smallest absolute Gasteiger partial charge is 0.254 e. The predicted octanol–water partition coefficient (Wildman–Crippen LogP) is 3.60. The average molecular weight is 440 g/mol. The fourth-order valence-electron chi connectivity index (χ4n) is 2.87. The van der Waals surface area contributed by atoms with Crippen molar-refractivity contribution in [1.82, 2.24) is 10.6 Å². The molecule has 0 saturated heterocycles. The Morgan fingerprint density at radius 3 is 2.38 bits per heavy atom. The van der Waals surface area contributed by atoms with Crippen molar-refractivity contribution in [3.8, 4) is 11.5 Å². The highest BCUT2D eigenvalue weighted by Gasteiger charge is 2.14. The first kappa shape index (κ1) is 22.7. The molecule has 0 atom stereocenters. The van der Waals surface area contributed by atoms with Crippen molar-refractivity contribution in [2.24, 2.45) is 0 Å². The third-order valence-corrected chi connectivity index (χ3v) is 4.54. The fraction of sp³-hybridized carbons (Fsp3) is 0.167. The van der Waals surface area contributed by atoms with Gasteiger partial charge in [-0.1, -0.05) is 36.4 Å². The van der Waals surface area contributed by atoms with E-state index in [9.17, 15) is 18.4 Å². The van der Waals surface area contributed by atoms with E-state index < -0.39 is 23.4 Å². The minimum absolute atomic E-state index is 0.189. The highest BCUT2D eigenvalue weighted by Crippen LogP contribution is 2.28. The average Bonchev–Trinajstić information content (AvgIpc) is 2.80. The molecule has 32 heavy (non-hydrogen) atoms. The molecule has 0 unspecified atom stereocenters. The van der Waals surface area contributed by atoms with Gasteiger partial charge in [0.1, 0.15) is 18.2 Å². The number of carbonyl (C=O) groups is 2. The number of benzene rings is 3. The van der Waals surface area contributed by atoms with Crippen LogP contribution in [0.4, 0.5) is 8.78 Å². The van der Waals surface area contributed by atoms with Crippen molar-refractivity contribution in [3.63, 3.8) is 0 Å². The molecule has 166 valence electrons. The number of ether oxygens (including phenoxy) is 2. The van der Waals surface area contributed by atoms with Crippen molar-refractivity contribution < 1.29 is 27.8 Å². The second-order valence-electron chi connectivity index (χ2n) is 6.84. The summed E-state index contributed by atoms with van der Waals surface area (Å²) in [6.45, 7) is 0.224. The second kappa shape index (κ2) is 10.9. The van der Waals surface area contributed by atoms with Crippen LogP contribution in [0.2, 0.25) is 0 Å². The number of rotatable bonds is 9. The Morgan fingerprint density at radius 1 is 0.875 bits per heavy atom. The van der Waals surface area contributed by atoms with Gasteiger partial charge in [-0.2, -0.15) is 0 Å². The Bertz CT molecular complexity index is 1090. The molecule has 0 fully saturated rings. The van der Waals surface area contributed by atoms with Crippen LogP contribution < -0.4 is 20.1 Å². The van der Waals surface area contributed by atoms with Gasteiger partial charge < -0.3 is 20.1 Å². The van der Waals surface area contributed by atoms with Crippen LogP contribution in [0.1, 0.15) is 21.5 Å². The Balaban J connectivity index is 1.50. The van der Waals surface area contributed by atoms with Gasteiger partial charge in [-0.25, -0.2) is 8.78 Å². The normalized spacial score (nSPS) is 10.3. The van der Waals surface area contributed by atoms with Crippen LogP contribution >= 0.6 is 0 Å². The quantitative estimate of drug-likeness (QED) is 0.533. The van der Waals surface area contributed by atoms with E-state index in [4.69, 9.17) is 9.47 Å². The molecular weight excluding hydrogens is 418 g/mol.